The minimum absolute atomic E-state index is 0.519. The minimum atomic E-state index is 0.519. The Hall–Kier alpha value is -0.440. The molecule has 3 aliphatic heterocycles. The SMILES string of the molecule is BC1CC2(CCN(B)C3=C2C2(CCN3B)CN(B)C2)C1. The van der Waals surface area contributed by atoms with E-state index in [0.717, 1.165) is 5.82 Å². The molecule has 0 aromatic rings. The van der Waals surface area contributed by atoms with E-state index in [4.69, 9.17) is 0 Å². The van der Waals surface area contributed by atoms with Gasteiger partial charge >= 0.3 is 0 Å². The lowest BCUT2D eigenvalue weighted by molar-refractivity contribution is 0.00439. The van der Waals surface area contributed by atoms with Gasteiger partial charge in [0, 0.05) is 18.5 Å². The number of hydrogen-bond donors (Lipinski definition) is 0. The molecule has 7 heteroatoms. The summed E-state index contributed by atoms with van der Waals surface area (Å²) in [6.45, 7) is 5.08. The lowest BCUT2D eigenvalue weighted by Crippen LogP contribution is -2.65. The quantitative estimate of drug-likeness (QED) is 0.459. The molecule has 0 aromatic heterocycles. The minimum Gasteiger partial charge on any atom is -0.410 e. The summed E-state index contributed by atoms with van der Waals surface area (Å²) in [5, 5.41) is 0. The second-order valence-corrected chi connectivity index (χ2v) is 8.29. The molecular formula is C13H25B4N3. The summed E-state index contributed by atoms with van der Waals surface area (Å²) in [6, 6.07) is 0. The first-order valence-corrected chi connectivity index (χ1v) is 8.32. The molecule has 3 nitrogen and oxygen atoms in total. The molecule has 1 aliphatic carbocycles. The van der Waals surface area contributed by atoms with Crippen LogP contribution in [0.15, 0.2) is 11.4 Å². The van der Waals surface area contributed by atoms with E-state index < -0.39 is 0 Å². The molecule has 104 valence electrons. The van der Waals surface area contributed by atoms with Gasteiger partial charge in [-0.15, -0.1) is 0 Å². The van der Waals surface area contributed by atoms with E-state index in [-0.39, 0.29) is 0 Å². The molecule has 4 rings (SSSR count). The van der Waals surface area contributed by atoms with Crippen LogP contribution in [0, 0.1) is 10.8 Å². The van der Waals surface area contributed by atoms with Crippen LogP contribution in [0.3, 0.4) is 0 Å². The van der Waals surface area contributed by atoms with Gasteiger partial charge in [-0.2, -0.15) is 0 Å². The van der Waals surface area contributed by atoms with Crippen molar-refractivity contribution >= 4 is 31.8 Å². The highest BCUT2D eigenvalue weighted by atomic mass is 15.3. The summed E-state index contributed by atoms with van der Waals surface area (Å²) in [6.07, 6.45) is 5.65. The van der Waals surface area contributed by atoms with Crippen molar-refractivity contribution in [2.45, 2.75) is 31.5 Å². The second-order valence-electron chi connectivity index (χ2n) is 8.29. The Bertz CT molecular complexity index is 428. The van der Waals surface area contributed by atoms with E-state index in [1.807, 2.05) is 5.57 Å². The maximum atomic E-state index is 2.54. The van der Waals surface area contributed by atoms with Crippen molar-refractivity contribution in [2.75, 3.05) is 26.2 Å². The van der Waals surface area contributed by atoms with Crippen LogP contribution in [0.4, 0.5) is 0 Å². The molecule has 0 unspecified atom stereocenters. The largest absolute Gasteiger partial charge is 0.410 e. The van der Waals surface area contributed by atoms with Crippen molar-refractivity contribution in [3.05, 3.63) is 11.4 Å². The Balaban J connectivity index is 1.82. The lowest BCUT2D eigenvalue weighted by atomic mass is 9.44. The van der Waals surface area contributed by atoms with Crippen LogP contribution in [-0.2, 0) is 0 Å². The monoisotopic (exact) mass is 267 g/mol. The van der Waals surface area contributed by atoms with Gasteiger partial charge in [0.1, 0.15) is 7.85 Å². The highest BCUT2D eigenvalue weighted by Gasteiger charge is 2.59. The van der Waals surface area contributed by atoms with Crippen LogP contribution >= 0.6 is 0 Å². The van der Waals surface area contributed by atoms with Gasteiger partial charge in [-0.05, 0) is 49.8 Å². The van der Waals surface area contributed by atoms with Gasteiger partial charge in [0.15, 0.2) is 7.98 Å². The number of hydrogen-bond acceptors (Lipinski definition) is 3. The van der Waals surface area contributed by atoms with Gasteiger partial charge < -0.3 is 14.4 Å². The maximum Gasteiger partial charge on any atom is 0.219 e. The topological polar surface area (TPSA) is 9.72 Å². The predicted molar refractivity (Wildman–Crippen MR) is 93.3 cm³/mol. The maximum absolute atomic E-state index is 2.54. The molecule has 0 aromatic carbocycles. The molecule has 4 aliphatic rings. The second kappa shape index (κ2) is 4.06. The van der Waals surface area contributed by atoms with E-state index in [1.165, 1.54) is 51.9 Å². The fraction of sp³-hybridized carbons (Fsp3) is 0.846. The summed E-state index contributed by atoms with van der Waals surface area (Å²) < 4.78 is 0. The molecule has 0 atom stereocenters. The van der Waals surface area contributed by atoms with Crippen molar-refractivity contribution < 1.29 is 0 Å². The van der Waals surface area contributed by atoms with Crippen LogP contribution in [0.1, 0.15) is 25.7 Å². The molecule has 3 heterocycles. The molecule has 2 fully saturated rings. The Kier molecular flexibility index (Phi) is 2.69. The summed E-state index contributed by atoms with van der Waals surface area (Å²) in [5.41, 5.74) is 2.95. The third-order valence-electron chi connectivity index (χ3n) is 6.48. The molecule has 20 heavy (non-hydrogen) atoms. The zero-order chi connectivity index (χ0) is 14.1. The molecule has 1 saturated heterocycles. The van der Waals surface area contributed by atoms with E-state index >= 15 is 0 Å². The molecule has 0 N–H and O–H groups in total. The van der Waals surface area contributed by atoms with Crippen molar-refractivity contribution in [3.8, 4) is 0 Å². The summed E-state index contributed by atoms with van der Waals surface area (Å²) in [7, 11) is 9.34. The van der Waals surface area contributed by atoms with Gasteiger partial charge in [-0.3, -0.25) is 0 Å². The highest BCUT2D eigenvalue weighted by molar-refractivity contribution is 6.12. The lowest BCUT2D eigenvalue weighted by Gasteiger charge is -2.65. The average Bonchev–Trinajstić information content (AvgIpc) is 2.33. The fourth-order valence-corrected chi connectivity index (χ4v) is 5.92. The molecular weight excluding hydrogens is 241 g/mol. The van der Waals surface area contributed by atoms with Crippen LogP contribution in [0.25, 0.3) is 0 Å². The summed E-state index contributed by atoms with van der Waals surface area (Å²) in [5.74, 6) is 2.54. The van der Waals surface area contributed by atoms with Gasteiger partial charge in [-0.1, -0.05) is 5.82 Å². The first-order valence-electron chi connectivity index (χ1n) is 8.32. The Morgan fingerprint density at radius 3 is 1.95 bits per heavy atom. The van der Waals surface area contributed by atoms with Gasteiger partial charge in [0.2, 0.25) is 16.0 Å². The van der Waals surface area contributed by atoms with Crippen LogP contribution in [0.5, 0.6) is 0 Å². The van der Waals surface area contributed by atoms with Gasteiger partial charge in [0.05, 0.1) is 5.82 Å². The van der Waals surface area contributed by atoms with E-state index in [2.05, 4.69) is 46.2 Å². The standard InChI is InChI=1S/C13H25B4N3/c14-9-5-12(6-9)1-3-19(16)11-10(12)13(2-4-20(11)17)7-18(15)8-13/h9H,1-8,14-17H2. The Morgan fingerprint density at radius 2 is 1.45 bits per heavy atom. The van der Waals surface area contributed by atoms with Crippen molar-refractivity contribution in [1.82, 2.24) is 14.4 Å². The van der Waals surface area contributed by atoms with E-state index in [9.17, 15) is 0 Å². The normalized spacial score (nSPS) is 39.7. The molecule has 2 spiro atoms. The first kappa shape index (κ1) is 13.2. The average molecular weight is 267 g/mol. The molecule has 1 saturated carbocycles. The number of nitrogens with zero attached hydrogens (tertiary/aromatic N) is 3. The van der Waals surface area contributed by atoms with E-state index in [0.29, 0.717) is 10.8 Å². The van der Waals surface area contributed by atoms with Crippen molar-refractivity contribution in [3.63, 3.8) is 0 Å². The first-order chi connectivity index (χ1) is 9.46. The third kappa shape index (κ3) is 1.56. The Labute approximate surface area is 126 Å². The van der Waals surface area contributed by atoms with Crippen LogP contribution in [0.2, 0.25) is 5.82 Å². The van der Waals surface area contributed by atoms with Crippen molar-refractivity contribution in [1.29, 1.82) is 0 Å². The molecule has 0 bridgehead atoms. The number of rotatable bonds is 0. The van der Waals surface area contributed by atoms with Gasteiger partial charge in [-0.25, -0.2) is 0 Å². The van der Waals surface area contributed by atoms with E-state index in [1.54, 1.807) is 5.82 Å². The van der Waals surface area contributed by atoms with Crippen LogP contribution in [-0.4, -0.2) is 72.4 Å². The highest BCUT2D eigenvalue weighted by Crippen LogP contribution is 2.65. The smallest absolute Gasteiger partial charge is 0.219 e. The summed E-state index contributed by atoms with van der Waals surface area (Å²) >= 11 is 0. The third-order valence-corrected chi connectivity index (χ3v) is 6.48. The molecule has 0 radical (unpaired) electrons. The fourth-order valence-electron chi connectivity index (χ4n) is 5.92. The zero-order valence-corrected chi connectivity index (χ0v) is 13.6. The van der Waals surface area contributed by atoms with Crippen molar-refractivity contribution in [2.24, 2.45) is 10.8 Å². The van der Waals surface area contributed by atoms with Crippen LogP contribution < -0.4 is 0 Å². The zero-order valence-electron chi connectivity index (χ0n) is 13.6. The number of fused-ring (bicyclic) bond motifs is 2. The molecule has 0 amide bonds. The predicted octanol–water partition coefficient (Wildman–Crippen LogP) is -2.24. The van der Waals surface area contributed by atoms with Gasteiger partial charge in [0.25, 0.3) is 0 Å². The summed E-state index contributed by atoms with van der Waals surface area (Å²) in [4.78, 5) is 7.60. The Morgan fingerprint density at radius 1 is 0.900 bits per heavy atom.